The van der Waals surface area contributed by atoms with Crippen LogP contribution in [0.3, 0.4) is 0 Å². The maximum absolute atomic E-state index is 14.1. The molecule has 5 aromatic rings. The molecule has 316 valence electrons. The minimum atomic E-state index is -0.196. The SMILES string of the molecule is Cc1c(Nc2nc3ccccc3s2)nnc2c1CCCN2c1ccc(-c2cnn(CC34CC5(C)CC(C)(C3)CC(OCCN3CCCC3)(C5)C4)c2C)c(C(=O)NC(C)C)n1. The molecule has 6 aliphatic rings. The molecule has 4 bridgehead atoms. The number of aromatic nitrogens is 6. The van der Waals surface area contributed by atoms with E-state index in [0.717, 1.165) is 94.6 Å². The van der Waals surface area contributed by atoms with Gasteiger partial charge in [0.2, 0.25) is 0 Å². The first kappa shape index (κ1) is 39.7. The average molecular weight is 829 g/mol. The number of nitrogens with one attached hydrogen (secondary N) is 2. The third-order valence-electron chi connectivity index (χ3n) is 14.2. The van der Waals surface area contributed by atoms with E-state index in [1.165, 1.54) is 58.0 Å². The number of para-hydroxylation sites is 1. The normalized spacial score (nSPS) is 27.3. The zero-order valence-electron chi connectivity index (χ0n) is 36.2. The molecule has 1 amide bonds. The summed E-state index contributed by atoms with van der Waals surface area (Å²) in [5.74, 6) is 1.98. The predicted molar refractivity (Wildman–Crippen MR) is 239 cm³/mol. The number of hydrogen-bond donors (Lipinski definition) is 2. The van der Waals surface area contributed by atoms with Gasteiger partial charge < -0.3 is 25.2 Å². The minimum absolute atomic E-state index is 0.0473. The average Bonchev–Trinajstić information content (AvgIpc) is 3.94. The lowest BCUT2D eigenvalue weighted by atomic mass is 9.39. The molecule has 2 unspecified atom stereocenters. The predicted octanol–water partition coefficient (Wildman–Crippen LogP) is 9.16. The zero-order chi connectivity index (χ0) is 41.4. The number of carbonyl (C=O) groups is 1. The van der Waals surface area contributed by atoms with E-state index in [-0.39, 0.29) is 33.8 Å². The quantitative estimate of drug-likeness (QED) is 0.126. The zero-order valence-corrected chi connectivity index (χ0v) is 37.1. The maximum Gasteiger partial charge on any atom is 0.270 e. The van der Waals surface area contributed by atoms with Gasteiger partial charge in [0.1, 0.15) is 11.5 Å². The van der Waals surface area contributed by atoms with E-state index in [9.17, 15) is 4.79 Å². The molecule has 13 heteroatoms. The van der Waals surface area contributed by atoms with Gasteiger partial charge >= 0.3 is 0 Å². The van der Waals surface area contributed by atoms with E-state index in [0.29, 0.717) is 17.3 Å². The number of nitrogens with zero attached hydrogens (tertiary/aromatic N) is 8. The number of benzene rings is 1. The number of ether oxygens (including phenoxy) is 1. The second-order valence-electron chi connectivity index (χ2n) is 20.1. The van der Waals surface area contributed by atoms with Crippen molar-refractivity contribution in [2.24, 2.45) is 16.2 Å². The first-order chi connectivity index (χ1) is 28.8. The summed E-state index contributed by atoms with van der Waals surface area (Å²) >= 11 is 1.60. The van der Waals surface area contributed by atoms with Crippen LogP contribution in [0.2, 0.25) is 0 Å². The summed E-state index contributed by atoms with van der Waals surface area (Å²) in [7, 11) is 0. The Morgan fingerprint density at radius 3 is 2.45 bits per heavy atom. The van der Waals surface area contributed by atoms with Crippen LogP contribution in [-0.2, 0) is 17.7 Å². The van der Waals surface area contributed by atoms with E-state index in [1.807, 2.05) is 44.3 Å². The van der Waals surface area contributed by atoms with Gasteiger partial charge in [0.25, 0.3) is 5.91 Å². The molecule has 0 radical (unpaired) electrons. The number of rotatable bonds is 12. The Morgan fingerprint density at radius 2 is 1.68 bits per heavy atom. The Balaban J connectivity index is 0.932. The highest BCUT2D eigenvalue weighted by Gasteiger charge is 2.66. The third-order valence-corrected chi connectivity index (χ3v) is 15.2. The molecule has 11 rings (SSSR count). The van der Waals surface area contributed by atoms with Crippen molar-refractivity contribution in [3.8, 4) is 11.1 Å². The summed E-state index contributed by atoms with van der Waals surface area (Å²) in [6.07, 6.45) is 13.5. The fourth-order valence-corrected chi connectivity index (χ4v) is 13.9. The highest BCUT2D eigenvalue weighted by atomic mass is 32.1. The lowest BCUT2D eigenvalue weighted by molar-refractivity contribution is -0.248. The Bertz CT molecular complexity index is 2400. The van der Waals surface area contributed by atoms with E-state index < -0.39 is 0 Å². The summed E-state index contributed by atoms with van der Waals surface area (Å²) in [5, 5.41) is 21.9. The van der Waals surface area contributed by atoms with Gasteiger partial charge in [-0.05, 0) is 146 Å². The van der Waals surface area contributed by atoms with E-state index >= 15 is 0 Å². The molecule has 12 nitrogen and oxygen atoms in total. The summed E-state index contributed by atoms with van der Waals surface area (Å²) < 4.78 is 10.4. The van der Waals surface area contributed by atoms with E-state index in [1.54, 1.807) is 11.3 Å². The molecule has 1 saturated heterocycles. The highest BCUT2D eigenvalue weighted by Crippen LogP contribution is 2.72. The number of pyridine rings is 1. The minimum Gasteiger partial charge on any atom is -0.374 e. The van der Waals surface area contributed by atoms with Gasteiger partial charge in [-0.25, -0.2) is 9.97 Å². The second-order valence-corrected chi connectivity index (χ2v) is 21.1. The van der Waals surface area contributed by atoms with Crippen LogP contribution < -0.4 is 15.5 Å². The largest absolute Gasteiger partial charge is 0.374 e. The van der Waals surface area contributed by atoms with Gasteiger partial charge in [-0.15, -0.1) is 10.2 Å². The lowest BCUT2D eigenvalue weighted by Gasteiger charge is -2.69. The molecule has 1 aromatic carbocycles. The van der Waals surface area contributed by atoms with Crippen molar-refractivity contribution in [3.05, 3.63) is 65.1 Å². The van der Waals surface area contributed by atoms with Crippen molar-refractivity contribution in [2.75, 3.05) is 43.0 Å². The highest BCUT2D eigenvalue weighted by molar-refractivity contribution is 7.22. The second kappa shape index (κ2) is 14.9. The number of likely N-dealkylation sites (tertiary alicyclic amines) is 1. The van der Waals surface area contributed by atoms with Crippen LogP contribution in [0.4, 0.5) is 22.6 Å². The summed E-state index contributed by atoms with van der Waals surface area (Å²) in [5.41, 5.74) is 6.93. The number of carbonyl (C=O) groups excluding carboxylic acids is 1. The van der Waals surface area contributed by atoms with Crippen molar-refractivity contribution in [1.29, 1.82) is 0 Å². The van der Waals surface area contributed by atoms with Crippen molar-refractivity contribution in [1.82, 2.24) is 40.2 Å². The van der Waals surface area contributed by atoms with Gasteiger partial charge in [0, 0.05) is 53.6 Å². The molecule has 5 fully saturated rings. The number of anilines is 4. The van der Waals surface area contributed by atoms with Crippen molar-refractivity contribution in [3.63, 3.8) is 0 Å². The van der Waals surface area contributed by atoms with Crippen LogP contribution in [0.25, 0.3) is 21.3 Å². The topological polar surface area (TPSA) is 126 Å². The number of amides is 1. The first-order valence-electron chi connectivity index (χ1n) is 22.3. The van der Waals surface area contributed by atoms with Crippen LogP contribution in [0.1, 0.15) is 113 Å². The van der Waals surface area contributed by atoms with Crippen molar-refractivity contribution in [2.45, 2.75) is 124 Å². The van der Waals surface area contributed by atoms with Gasteiger partial charge in [0.05, 0.1) is 28.6 Å². The Morgan fingerprint density at radius 1 is 0.900 bits per heavy atom. The van der Waals surface area contributed by atoms with Gasteiger partial charge in [-0.3, -0.25) is 9.48 Å². The third kappa shape index (κ3) is 7.27. The molecule has 4 aliphatic carbocycles. The van der Waals surface area contributed by atoms with Crippen LogP contribution in [-0.4, -0.2) is 85.2 Å². The Kier molecular flexibility index (Phi) is 9.83. The Hall–Kier alpha value is -4.46. The summed E-state index contributed by atoms with van der Waals surface area (Å²) in [6, 6.07) is 12.2. The maximum atomic E-state index is 14.1. The van der Waals surface area contributed by atoms with Crippen molar-refractivity contribution < 1.29 is 9.53 Å². The van der Waals surface area contributed by atoms with Gasteiger partial charge in [0.15, 0.2) is 16.8 Å². The van der Waals surface area contributed by atoms with Crippen LogP contribution >= 0.6 is 11.3 Å². The van der Waals surface area contributed by atoms with Gasteiger partial charge in [-0.1, -0.05) is 37.3 Å². The van der Waals surface area contributed by atoms with Gasteiger partial charge in [-0.2, -0.15) is 5.10 Å². The van der Waals surface area contributed by atoms with E-state index in [2.05, 4.69) is 70.0 Å². The monoisotopic (exact) mass is 828 g/mol. The number of fused-ring (bicyclic) bond motifs is 2. The molecule has 2 atom stereocenters. The summed E-state index contributed by atoms with van der Waals surface area (Å²) in [4.78, 5) is 28.7. The van der Waals surface area contributed by atoms with Crippen LogP contribution in [0, 0.1) is 30.1 Å². The fourth-order valence-electron chi connectivity index (χ4n) is 13.0. The fraction of sp³-hybridized carbons (Fsp3) is 0.574. The molecule has 0 spiro atoms. The van der Waals surface area contributed by atoms with Crippen LogP contribution in [0.15, 0.2) is 42.6 Å². The number of hydrogen-bond acceptors (Lipinski definition) is 11. The molecule has 2 N–H and O–H groups in total. The molecular weight excluding hydrogens is 769 g/mol. The number of thiazole rings is 1. The first-order valence-corrected chi connectivity index (χ1v) is 23.1. The molecule has 6 heterocycles. The molecule has 2 aliphatic heterocycles. The summed E-state index contributed by atoms with van der Waals surface area (Å²) in [6.45, 7) is 19.2. The molecule has 60 heavy (non-hydrogen) atoms. The lowest BCUT2D eigenvalue weighted by Crippen LogP contribution is -2.64. The standard InChI is InChI=1S/C47H60N10O2S/c1-30(2)49-42(58)39-34(15-16-38(51-39)56-19-11-12-33-31(3)40(53-54-41(33)56)52-43-50-36-13-7-8-14-37(36)60-43)35-22-48-57(32(35)4)29-46-24-44(5)23-45(6,25-46)27-47(26-44,28-46)59-21-20-55-17-9-10-18-55/h7-8,13-16,22,30H,9-12,17-21,23-29H2,1-6H3,(H,49,58)(H,50,52,53). The van der Waals surface area contributed by atoms with E-state index in [4.69, 9.17) is 24.9 Å². The molecule has 4 saturated carbocycles. The smallest absolute Gasteiger partial charge is 0.270 e. The molecular formula is C47H60N10O2S. The molecule has 4 aromatic heterocycles. The van der Waals surface area contributed by atoms with Crippen molar-refractivity contribution >= 4 is 50.0 Å². The Labute approximate surface area is 357 Å². The van der Waals surface area contributed by atoms with Crippen LogP contribution in [0.5, 0.6) is 0 Å².